The van der Waals surface area contributed by atoms with Gasteiger partial charge in [0.15, 0.2) is 5.75 Å². The van der Waals surface area contributed by atoms with Gasteiger partial charge in [0, 0.05) is 11.4 Å². The molecule has 0 fully saturated rings. The molecule has 0 saturated carbocycles. The molecule has 0 radical (unpaired) electrons. The maximum absolute atomic E-state index is 6.18. The van der Waals surface area contributed by atoms with Crippen molar-refractivity contribution in [1.82, 2.24) is 19.4 Å². The van der Waals surface area contributed by atoms with Gasteiger partial charge in [0.05, 0.1) is 25.0 Å². The minimum Gasteiger partial charge on any atom is -0.493 e. The van der Waals surface area contributed by atoms with Crippen LogP contribution in [0.5, 0.6) is 5.75 Å². The van der Waals surface area contributed by atoms with Crippen LogP contribution in [0.15, 0.2) is 11.6 Å². The minimum atomic E-state index is -0.367. The molecule has 0 bridgehead atoms. The summed E-state index contributed by atoms with van der Waals surface area (Å²) in [6.45, 7) is 4.09. The second-order valence-corrected chi connectivity index (χ2v) is 4.55. The van der Waals surface area contributed by atoms with Gasteiger partial charge in [0.25, 0.3) is 0 Å². The van der Waals surface area contributed by atoms with Crippen molar-refractivity contribution in [1.29, 1.82) is 0 Å². The lowest BCUT2D eigenvalue weighted by Crippen LogP contribution is -2.19. The Morgan fingerprint density at radius 2 is 2.24 bits per heavy atom. The Hall–Kier alpha value is -1.47. The van der Waals surface area contributed by atoms with E-state index in [4.69, 9.17) is 10.5 Å². The monoisotopic (exact) mass is 253 g/mol. The van der Waals surface area contributed by atoms with Crippen molar-refractivity contribution in [3.8, 4) is 5.75 Å². The van der Waals surface area contributed by atoms with Crippen LogP contribution < -0.4 is 10.5 Å². The molecule has 92 valence electrons. The maximum atomic E-state index is 6.18. The van der Waals surface area contributed by atoms with Crippen molar-refractivity contribution in [2.75, 3.05) is 7.11 Å². The van der Waals surface area contributed by atoms with E-state index in [2.05, 4.69) is 14.7 Å². The van der Waals surface area contributed by atoms with Gasteiger partial charge in [-0.3, -0.25) is 4.68 Å². The van der Waals surface area contributed by atoms with Crippen LogP contribution in [0.4, 0.5) is 0 Å². The van der Waals surface area contributed by atoms with Gasteiger partial charge >= 0.3 is 0 Å². The zero-order valence-corrected chi connectivity index (χ0v) is 10.8. The minimum absolute atomic E-state index is 0.214. The molecule has 2 aromatic rings. The summed E-state index contributed by atoms with van der Waals surface area (Å²) < 4.78 is 11.0. The molecule has 0 saturated heterocycles. The first-order valence-corrected chi connectivity index (χ1v) is 6.12. The lowest BCUT2D eigenvalue weighted by molar-refractivity contribution is 0.400. The predicted octanol–water partition coefficient (Wildman–Crippen LogP) is 1.37. The molecule has 1 atom stereocenters. The first kappa shape index (κ1) is 12.0. The van der Waals surface area contributed by atoms with Gasteiger partial charge in [-0.05, 0) is 25.4 Å². The highest BCUT2D eigenvalue weighted by atomic mass is 32.1. The second-order valence-electron chi connectivity index (χ2n) is 3.94. The normalized spacial score (nSPS) is 13.0. The summed E-state index contributed by atoms with van der Waals surface area (Å²) >= 11 is 1.28. The average Bonchev–Trinajstić information content (AvgIpc) is 2.96. The number of ether oxygens (including phenoxy) is 1. The fourth-order valence-corrected chi connectivity index (χ4v) is 2.16. The van der Waals surface area contributed by atoms with Gasteiger partial charge in [-0.2, -0.15) is 5.10 Å². The summed E-state index contributed by atoms with van der Waals surface area (Å²) in [6.07, 6.45) is 1.68. The lowest BCUT2D eigenvalue weighted by atomic mass is 10.1. The van der Waals surface area contributed by atoms with Gasteiger partial charge in [0.1, 0.15) is 5.69 Å². The zero-order valence-electron chi connectivity index (χ0n) is 9.99. The molecule has 7 heteroatoms. The van der Waals surface area contributed by atoms with Gasteiger partial charge < -0.3 is 10.5 Å². The largest absolute Gasteiger partial charge is 0.493 e. The van der Waals surface area contributed by atoms with Crippen LogP contribution in [0.3, 0.4) is 0 Å². The number of methoxy groups -OCH3 is 1. The molecule has 2 rings (SSSR count). The molecule has 2 aromatic heterocycles. The number of nitrogens with zero attached hydrogens (tertiary/aromatic N) is 4. The van der Waals surface area contributed by atoms with Crippen molar-refractivity contribution in [2.24, 2.45) is 5.73 Å². The molecule has 2 N–H and O–H groups in total. The summed E-state index contributed by atoms with van der Waals surface area (Å²) in [4.78, 5) is 0. The van der Waals surface area contributed by atoms with Crippen LogP contribution >= 0.6 is 11.5 Å². The van der Waals surface area contributed by atoms with Crippen molar-refractivity contribution in [3.63, 3.8) is 0 Å². The summed E-state index contributed by atoms with van der Waals surface area (Å²) in [5.74, 6) is 0.680. The van der Waals surface area contributed by atoms with E-state index in [1.165, 1.54) is 11.5 Å². The van der Waals surface area contributed by atoms with Crippen LogP contribution in [0.25, 0.3) is 0 Å². The highest BCUT2D eigenvalue weighted by molar-refractivity contribution is 7.03. The molecule has 1 unspecified atom stereocenters. The molecule has 2 heterocycles. The number of aromatic nitrogens is 4. The van der Waals surface area contributed by atoms with Crippen molar-refractivity contribution >= 4 is 11.5 Å². The van der Waals surface area contributed by atoms with Crippen LogP contribution in [0, 0.1) is 0 Å². The number of rotatable bonds is 4. The fraction of sp³-hybridized carbons (Fsp3) is 0.500. The Morgan fingerprint density at radius 1 is 1.47 bits per heavy atom. The van der Waals surface area contributed by atoms with E-state index in [0.29, 0.717) is 5.75 Å². The van der Waals surface area contributed by atoms with Crippen LogP contribution in [0.2, 0.25) is 0 Å². The first-order chi connectivity index (χ1) is 8.15. The SMILES string of the molecule is COc1cnn(C(C)C)c1C(N)c1csnn1. The van der Waals surface area contributed by atoms with E-state index in [1.54, 1.807) is 13.3 Å². The maximum Gasteiger partial charge on any atom is 0.161 e. The van der Waals surface area contributed by atoms with Gasteiger partial charge in [0.2, 0.25) is 0 Å². The summed E-state index contributed by atoms with van der Waals surface area (Å²) in [7, 11) is 1.61. The molecule has 0 aliphatic heterocycles. The first-order valence-electron chi connectivity index (χ1n) is 5.29. The topological polar surface area (TPSA) is 78.9 Å². The van der Waals surface area contributed by atoms with Crippen molar-refractivity contribution < 1.29 is 4.74 Å². The Labute approximate surface area is 104 Å². The van der Waals surface area contributed by atoms with E-state index in [-0.39, 0.29) is 12.1 Å². The predicted molar refractivity (Wildman–Crippen MR) is 65.1 cm³/mol. The number of hydrogen-bond acceptors (Lipinski definition) is 6. The Kier molecular flexibility index (Phi) is 3.39. The number of nitrogens with two attached hydrogens (primary N) is 1. The highest BCUT2D eigenvalue weighted by Gasteiger charge is 2.23. The standard InChI is InChI=1S/C10H15N5OS/c1-6(2)15-10(8(16-3)4-12-15)9(11)7-5-17-14-13-7/h4-6,9H,11H2,1-3H3. The average molecular weight is 253 g/mol. The Bertz CT molecular complexity index is 479. The van der Waals surface area contributed by atoms with E-state index in [0.717, 1.165) is 11.4 Å². The van der Waals surface area contributed by atoms with Gasteiger partial charge in [-0.1, -0.05) is 4.49 Å². The lowest BCUT2D eigenvalue weighted by Gasteiger charge is -2.16. The third kappa shape index (κ3) is 2.16. The molecule has 0 spiro atoms. The molecule has 6 nitrogen and oxygen atoms in total. The zero-order chi connectivity index (χ0) is 12.4. The van der Waals surface area contributed by atoms with Gasteiger partial charge in [-0.15, -0.1) is 5.10 Å². The highest BCUT2D eigenvalue weighted by Crippen LogP contribution is 2.29. The molecule has 0 aliphatic carbocycles. The van der Waals surface area contributed by atoms with E-state index >= 15 is 0 Å². The number of hydrogen-bond donors (Lipinski definition) is 1. The summed E-state index contributed by atoms with van der Waals surface area (Å²) in [5.41, 5.74) is 7.74. The van der Waals surface area contributed by atoms with Gasteiger partial charge in [-0.25, -0.2) is 0 Å². The van der Waals surface area contributed by atoms with Crippen LogP contribution in [-0.2, 0) is 0 Å². The molecular weight excluding hydrogens is 238 g/mol. The molecule has 0 aliphatic rings. The second kappa shape index (κ2) is 4.80. The molecule has 0 aromatic carbocycles. The third-order valence-corrected chi connectivity index (χ3v) is 3.02. The molecule has 17 heavy (non-hydrogen) atoms. The molecular formula is C10H15N5OS. The summed E-state index contributed by atoms with van der Waals surface area (Å²) in [5, 5.41) is 10.1. The van der Waals surface area contributed by atoms with Crippen LogP contribution in [-0.4, -0.2) is 26.5 Å². The van der Waals surface area contributed by atoms with E-state index in [9.17, 15) is 0 Å². The summed E-state index contributed by atoms with van der Waals surface area (Å²) in [6, 6.07) is -0.153. The van der Waals surface area contributed by atoms with Crippen molar-refractivity contribution in [3.05, 3.63) is 23.0 Å². The van der Waals surface area contributed by atoms with E-state index < -0.39 is 0 Å². The van der Waals surface area contributed by atoms with Crippen molar-refractivity contribution in [2.45, 2.75) is 25.9 Å². The fourth-order valence-electron chi connectivity index (χ4n) is 1.67. The Morgan fingerprint density at radius 3 is 2.76 bits per heavy atom. The Balaban J connectivity index is 2.45. The molecule has 0 amide bonds. The smallest absolute Gasteiger partial charge is 0.161 e. The quantitative estimate of drug-likeness (QED) is 0.890. The van der Waals surface area contributed by atoms with Crippen LogP contribution in [0.1, 0.15) is 37.3 Å². The third-order valence-electron chi connectivity index (χ3n) is 2.50. The van der Waals surface area contributed by atoms with E-state index in [1.807, 2.05) is 23.9 Å².